The number of hydrogen-bond donors (Lipinski definition) is 1. The van der Waals surface area contributed by atoms with Crippen molar-refractivity contribution in [3.05, 3.63) is 84.4 Å². The monoisotopic (exact) mass is 411 g/mol. The van der Waals surface area contributed by atoms with E-state index in [0.29, 0.717) is 5.75 Å². The van der Waals surface area contributed by atoms with Crippen molar-refractivity contribution in [2.75, 3.05) is 13.2 Å². The predicted molar refractivity (Wildman–Crippen MR) is 110 cm³/mol. The Labute approximate surface area is 169 Å². The van der Waals surface area contributed by atoms with Gasteiger partial charge in [-0.1, -0.05) is 54.6 Å². The van der Waals surface area contributed by atoms with E-state index in [-0.39, 0.29) is 30.5 Å². The van der Waals surface area contributed by atoms with Crippen LogP contribution in [0, 0.1) is 0 Å². The van der Waals surface area contributed by atoms with Crippen molar-refractivity contribution < 1.29 is 22.7 Å². The highest BCUT2D eigenvalue weighted by Crippen LogP contribution is 2.19. The van der Waals surface area contributed by atoms with Crippen LogP contribution in [0.1, 0.15) is 5.56 Å². The fraction of sp³-hybridized carbons (Fsp3) is 0.136. The molecule has 0 radical (unpaired) electrons. The van der Waals surface area contributed by atoms with Crippen molar-refractivity contribution >= 4 is 16.0 Å². The number of benzene rings is 3. The van der Waals surface area contributed by atoms with Crippen LogP contribution in [0.4, 0.5) is 0 Å². The number of primary sulfonamides is 1. The van der Waals surface area contributed by atoms with Gasteiger partial charge in [0.05, 0.1) is 11.3 Å². The zero-order valence-electron chi connectivity index (χ0n) is 15.7. The third-order valence-electron chi connectivity index (χ3n) is 4.18. The van der Waals surface area contributed by atoms with Crippen LogP contribution in [0.15, 0.2) is 83.8 Å². The first-order chi connectivity index (χ1) is 13.9. The normalized spacial score (nSPS) is 11.1. The molecule has 0 spiro atoms. The van der Waals surface area contributed by atoms with Crippen LogP contribution in [0.3, 0.4) is 0 Å². The average Bonchev–Trinajstić information content (AvgIpc) is 2.72. The number of ether oxygens (including phenoxy) is 2. The molecule has 29 heavy (non-hydrogen) atoms. The van der Waals surface area contributed by atoms with Gasteiger partial charge in [0.1, 0.15) is 19.0 Å². The lowest BCUT2D eigenvalue weighted by Crippen LogP contribution is -2.14. The molecule has 0 unspecified atom stereocenters. The molecule has 3 rings (SSSR count). The minimum atomic E-state index is -3.73. The van der Waals surface area contributed by atoms with E-state index < -0.39 is 10.0 Å². The second-order valence-electron chi connectivity index (χ2n) is 6.33. The summed E-state index contributed by atoms with van der Waals surface area (Å²) < 4.78 is 33.0. The third-order valence-corrected chi connectivity index (χ3v) is 5.11. The summed E-state index contributed by atoms with van der Waals surface area (Å²) in [6, 6.07) is 23.5. The molecule has 0 fully saturated rings. The second-order valence-corrected chi connectivity index (χ2v) is 7.89. The van der Waals surface area contributed by atoms with Crippen LogP contribution >= 0.6 is 0 Å². The van der Waals surface area contributed by atoms with E-state index in [1.807, 2.05) is 54.6 Å². The first-order valence-electron chi connectivity index (χ1n) is 8.97. The Bertz CT molecular complexity index is 1050. The summed E-state index contributed by atoms with van der Waals surface area (Å²) in [5.74, 6) is 0.121. The molecule has 0 aliphatic carbocycles. The molecule has 150 valence electrons. The average molecular weight is 411 g/mol. The fourth-order valence-corrected chi connectivity index (χ4v) is 3.22. The van der Waals surface area contributed by atoms with Crippen LogP contribution in [0.2, 0.25) is 0 Å². The zero-order chi connectivity index (χ0) is 20.7. The molecule has 2 N–H and O–H groups in total. The van der Waals surface area contributed by atoms with Crippen LogP contribution in [-0.2, 0) is 26.0 Å². The minimum Gasteiger partial charge on any atom is -0.490 e. The van der Waals surface area contributed by atoms with Crippen molar-refractivity contribution in [3.8, 4) is 16.9 Å². The Morgan fingerprint density at radius 2 is 1.41 bits per heavy atom. The quantitative estimate of drug-likeness (QED) is 0.454. The van der Waals surface area contributed by atoms with E-state index in [4.69, 9.17) is 14.6 Å². The van der Waals surface area contributed by atoms with Gasteiger partial charge in [-0.25, -0.2) is 13.6 Å². The molecule has 0 aromatic heterocycles. The van der Waals surface area contributed by atoms with Crippen molar-refractivity contribution in [1.29, 1.82) is 0 Å². The van der Waals surface area contributed by atoms with Gasteiger partial charge in [-0.2, -0.15) is 0 Å². The fourth-order valence-electron chi connectivity index (χ4n) is 2.70. The van der Waals surface area contributed by atoms with E-state index in [1.54, 1.807) is 0 Å². The standard InChI is InChI=1S/C22H21NO5S/c23-29(25,26)21-12-10-20(11-13-21)27-14-15-28-22(24)16-17-6-8-19(9-7-17)18-4-2-1-3-5-18/h1-13H,14-16H2,(H2,23,25,26). The summed E-state index contributed by atoms with van der Waals surface area (Å²) in [7, 11) is -3.73. The van der Waals surface area contributed by atoms with Gasteiger partial charge in [0.2, 0.25) is 10.0 Å². The number of hydrogen-bond acceptors (Lipinski definition) is 5. The lowest BCUT2D eigenvalue weighted by Gasteiger charge is -2.08. The van der Waals surface area contributed by atoms with Gasteiger partial charge in [0, 0.05) is 0 Å². The summed E-state index contributed by atoms with van der Waals surface area (Å²) in [6.45, 7) is 0.255. The maximum atomic E-state index is 12.0. The molecule has 3 aromatic rings. The SMILES string of the molecule is NS(=O)(=O)c1ccc(OCCOC(=O)Cc2ccc(-c3ccccc3)cc2)cc1. The second kappa shape index (κ2) is 9.36. The van der Waals surface area contributed by atoms with Crippen molar-refractivity contribution in [2.24, 2.45) is 5.14 Å². The molecular weight excluding hydrogens is 390 g/mol. The molecule has 0 heterocycles. The number of carbonyl (C=O) groups is 1. The third kappa shape index (κ3) is 6.17. The number of nitrogens with two attached hydrogens (primary N) is 1. The number of carbonyl (C=O) groups excluding carboxylic acids is 1. The van der Waals surface area contributed by atoms with E-state index in [9.17, 15) is 13.2 Å². The van der Waals surface area contributed by atoms with Crippen molar-refractivity contribution in [3.63, 3.8) is 0 Å². The van der Waals surface area contributed by atoms with Gasteiger partial charge in [0.15, 0.2) is 0 Å². The number of sulfonamides is 1. The van der Waals surface area contributed by atoms with Crippen LogP contribution in [0.25, 0.3) is 11.1 Å². The first kappa shape index (κ1) is 20.6. The van der Waals surface area contributed by atoms with E-state index in [2.05, 4.69) is 0 Å². The summed E-state index contributed by atoms with van der Waals surface area (Å²) in [5.41, 5.74) is 3.08. The number of esters is 1. The van der Waals surface area contributed by atoms with Gasteiger partial charge in [-0.3, -0.25) is 4.79 Å². The van der Waals surface area contributed by atoms with E-state index >= 15 is 0 Å². The van der Waals surface area contributed by atoms with Crippen molar-refractivity contribution in [1.82, 2.24) is 0 Å². The molecule has 0 amide bonds. The maximum Gasteiger partial charge on any atom is 0.310 e. The van der Waals surface area contributed by atoms with Crippen LogP contribution in [-0.4, -0.2) is 27.6 Å². The Hall–Kier alpha value is -3.16. The lowest BCUT2D eigenvalue weighted by molar-refractivity contribution is -0.143. The maximum absolute atomic E-state index is 12.0. The van der Waals surface area contributed by atoms with Gasteiger partial charge in [0.25, 0.3) is 0 Å². The van der Waals surface area contributed by atoms with E-state index in [0.717, 1.165) is 16.7 Å². The highest BCUT2D eigenvalue weighted by molar-refractivity contribution is 7.89. The summed E-state index contributed by atoms with van der Waals surface area (Å²) in [5, 5.41) is 5.04. The first-order valence-corrected chi connectivity index (χ1v) is 10.5. The molecule has 6 nitrogen and oxygen atoms in total. The molecule has 3 aromatic carbocycles. The number of rotatable bonds is 8. The summed E-state index contributed by atoms with van der Waals surface area (Å²) in [6.07, 6.45) is 0.179. The zero-order valence-corrected chi connectivity index (χ0v) is 16.5. The smallest absolute Gasteiger partial charge is 0.310 e. The Kier molecular flexibility index (Phi) is 6.64. The van der Waals surface area contributed by atoms with E-state index in [1.165, 1.54) is 24.3 Å². The molecule has 0 saturated carbocycles. The molecule has 0 saturated heterocycles. The molecule has 0 bridgehead atoms. The van der Waals surface area contributed by atoms with Crippen molar-refractivity contribution in [2.45, 2.75) is 11.3 Å². The Morgan fingerprint density at radius 3 is 2.03 bits per heavy atom. The highest BCUT2D eigenvalue weighted by Gasteiger charge is 2.08. The van der Waals surface area contributed by atoms with Crippen LogP contribution in [0.5, 0.6) is 5.75 Å². The van der Waals surface area contributed by atoms with Crippen LogP contribution < -0.4 is 9.88 Å². The Morgan fingerprint density at radius 1 is 0.793 bits per heavy atom. The molecule has 0 aliphatic rings. The summed E-state index contributed by atoms with van der Waals surface area (Å²) >= 11 is 0. The molecule has 0 aliphatic heterocycles. The Balaban J connectivity index is 1.42. The molecule has 0 atom stereocenters. The van der Waals surface area contributed by atoms with Gasteiger partial charge in [-0.15, -0.1) is 0 Å². The molecular formula is C22H21NO5S. The molecule has 7 heteroatoms. The van der Waals surface area contributed by atoms with Gasteiger partial charge in [-0.05, 0) is 41.0 Å². The van der Waals surface area contributed by atoms with Gasteiger partial charge >= 0.3 is 5.97 Å². The minimum absolute atomic E-state index is 0.00885. The topological polar surface area (TPSA) is 95.7 Å². The van der Waals surface area contributed by atoms with Gasteiger partial charge < -0.3 is 9.47 Å². The lowest BCUT2D eigenvalue weighted by atomic mass is 10.0. The largest absolute Gasteiger partial charge is 0.490 e. The highest BCUT2D eigenvalue weighted by atomic mass is 32.2. The summed E-state index contributed by atoms with van der Waals surface area (Å²) in [4.78, 5) is 12.0. The predicted octanol–water partition coefficient (Wildman–Crippen LogP) is 3.17.